The second-order valence-electron chi connectivity index (χ2n) is 19.1. The van der Waals surface area contributed by atoms with Crippen LogP contribution in [0.15, 0.2) is 170 Å². The number of nitrogens with zero attached hydrogens (tertiary/aromatic N) is 3. The van der Waals surface area contributed by atoms with Gasteiger partial charge in [0.2, 0.25) is 5.91 Å². The summed E-state index contributed by atoms with van der Waals surface area (Å²) in [4.78, 5) is 17.7. The first-order chi connectivity index (χ1) is 35.6. The summed E-state index contributed by atoms with van der Waals surface area (Å²) in [5, 5.41) is 24.8. The van der Waals surface area contributed by atoms with Crippen LogP contribution in [0, 0.1) is 13.0 Å². The molecular formula is C59H70BrI5N4O4V2Y-. The Morgan fingerprint density at radius 2 is 1.11 bits per heavy atom. The third kappa shape index (κ3) is 20.1. The molecule has 0 unspecified atom stereocenters. The maximum atomic E-state index is 13.8. The fourth-order valence-corrected chi connectivity index (χ4v) is 10.3. The zero-order valence-corrected chi connectivity index (χ0v) is 61.9. The van der Waals surface area contributed by atoms with Gasteiger partial charge in [0.1, 0.15) is 24.9 Å². The second-order valence-corrected chi connectivity index (χ2v) is 66.2. The van der Waals surface area contributed by atoms with E-state index in [0.717, 1.165) is 86.7 Å². The summed E-state index contributed by atoms with van der Waals surface area (Å²) >= 11 is 12.1. The van der Waals surface area contributed by atoms with Crippen LogP contribution in [0.5, 0.6) is 0 Å². The topological polar surface area (TPSA) is 88.3 Å². The first kappa shape index (κ1) is 70.8. The van der Waals surface area contributed by atoms with Gasteiger partial charge < -0.3 is 47.0 Å². The van der Waals surface area contributed by atoms with Crippen LogP contribution >= 0.6 is 99.9 Å². The third-order valence-corrected chi connectivity index (χ3v) is 14.1. The van der Waals surface area contributed by atoms with E-state index < -0.39 is 16.6 Å². The van der Waals surface area contributed by atoms with Crippen molar-refractivity contribution in [2.24, 2.45) is 0 Å². The molecule has 406 valence electrons. The Hall–Kier alpha value is 0.503. The molecule has 0 aliphatic carbocycles. The van der Waals surface area contributed by atoms with Gasteiger partial charge in [-0.3, -0.25) is 4.79 Å². The number of likely N-dealkylation sites (N-methyl/N-ethyl adjacent to an activating group) is 1. The van der Waals surface area contributed by atoms with Crippen LogP contribution in [-0.4, -0.2) is 104 Å². The van der Waals surface area contributed by atoms with Crippen LogP contribution in [0.25, 0.3) is 0 Å². The van der Waals surface area contributed by atoms with Crippen LogP contribution < -0.4 is 22.3 Å². The van der Waals surface area contributed by atoms with Crippen molar-refractivity contribution in [2.75, 3.05) is 67.5 Å². The number of aliphatic hydroxyl groups is 2. The van der Waals surface area contributed by atoms with E-state index >= 15 is 0 Å². The number of benzene rings is 6. The molecular weight excluding hydrogens is 1730 g/mol. The van der Waals surface area contributed by atoms with Crippen LogP contribution in [0.3, 0.4) is 0 Å². The number of piperidine rings is 2. The summed E-state index contributed by atoms with van der Waals surface area (Å²) in [5.74, 6) is 1.13. The molecule has 0 bridgehead atoms. The van der Waals surface area contributed by atoms with Crippen molar-refractivity contribution >= 4 is 112 Å². The van der Waals surface area contributed by atoms with E-state index in [9.17, 15) is 15.0 Å². The van der Waals surface area contributed by atoms with Crippen LogP contribution in [-0.2, 0) is 78.7 Å². The Morgan fingerprint density at radius 3 is 1.53 bits per heavy atom. The number of rotatable bonds is 10. The van der Waals surface area contributed by atoms with E-state index in [2.05, 4.69) is 251 Å². The van der Waals surface area contributed by atoms with Gasteiger partial charge in [0, 0.05) is 66.3 Å². The Kier molecular flexibility index (Phi) is 33.8. The van der Waals surface area contributed by atoms with E-state index in [1.54, 1.807) is 4.90 Å². The fraction of sp³-hybridized carbons (Fsp3) is 0.356. The zero-order chi connectivity index (χ0) is 53.6. The molecule has 3 saturated heterocycles. The van der Waals surface area contributed by atoms with E-state index in [4.69, 9.17) is 4.74 Å². The molecule has 6 aromatic rings. The number of amides is 1. The standard InChI is InChI=1S/C30H36N2O2.C18H20NO.C11H14NO.BrH.5HI.2V.Y/c1-24-14-16-25(17-15-24)29(34)18-21-32(22-19-29)23-20-30(28(33)31(2)3,26-10-6-4-7-11-26)27-12-8-5-9-13-27;1-19(2)17-18(13-14-20-17,15-9-5-3-6-10-15)16-11-7-4-8-12-16;13-11(6-8-12-9-7-11)10-4-2-1-3-5-10;;;;;;;;;/h4-17,34H,18-23H2,1-3H3;3-12H,13-14H2,1-2H3;2-5,12-13H,6-9H2;6*1H;;;/q;+1;-1;;;;;;;+2;+3;/p-6. The normalized spacial score (nSPS) is 16.0. The summed E-state index contributed by atoms with van der Waals surface area (Å²) in [6.45, 7) is 7.02. The van der Waals surface area contributed by atoms with Gasteiger partial charge in [0.05, 0.1) is 17.8 Å². The molecule has 3 heterocycles. The van der Waals surface area contributed by atoms with Gasteiger partial charge in [-0.1, -0.05) is 151 Å². The summed E-state index contributed by atoms with van der Waals surface area (Å²) in [6, 6.07) is 60.5. The van der Waals surface area contributed by atoms with Gasteiger partial charge in [-0.05, 0) is 86.5 Å². The summed E-state index contributed by atoms with van der Waals surface area (Å²) in [5.41, 5.74) is 5.56. The fourth-order valence-electron chi connectivity index (χ4n) is 10.3. The number of carbonyl (C=O) groups is 1. The molecule has 1 amide bonds. The Labute approximate surface area is 556 Å². The summed E-state index contributed by atoms with van der Waals surface area (Å²) in [6.07, 6.45) is 4.66. The molecule has 0 spiro atoms. The average molecular weight is 1800 g/mol. The van der Waals surface area contributed by atoms with Crippen molar-refractivity contribution in [3.8, 4) is 0 Å². The van der Waals surface area contributed by atoms with Gasteiger partial charge in [0.15, 0.2) is 0 Å². The Balaban J connectivity index is 0.000000305. The van der Waals surface area contributed by atoms with Gasteiger partial charge in [-0.25, -0.2) is 4.58 Å². The first-order valence-electron chi connectivity index (χ1n) is 24.8. The van der Waals surface area contributed by atoms with Gasteiger partial charge >= 0.3 is 120 Å². The van der Waals surface area contributed by atoms with Crippen molar-refractivity contribution in [3.05, 3.63) is 215 Å². The van der Waals surface area contributed by atoms with Crippen molar-refractivity contribution in [1.29, 1.82) is 0 Å². The average Bonchev–Trinajstić information content (AvgIpc) is 3.89. The predicted molar refractivity (Wildman–Crippen MR) is 340 cm³/mol. The van der Waals surface area contributed by atoms with Gasteiger partial charge in [0.25, 0.3) is 0 Å². The molecule has 0 saturated carbocycles. The number of hydrogen-bond donors (Lipinski definition) is 3. The maximum absolute atomic E-state index is 13.8. The number of ether oxygens (including phenoxy) is 1. The van der Waals surface area contributed by atoms with E-state index in [1.807, 2.05) is 74.8 Å². The molecule has 3 fully saturated rings. The third-order valence-electron chi connectivity index (χ3n) is 14.1. The van der Waals surface area contributed by atoms with Crippen molar-refractivity contribution in [1.82, 2.24) is 15.1 Å². The van der Waals surface area contributed by atoms with Gasteiger partial charge in [-0.15, -0.1) is 5.56 Å². The second kappa shape index (κ2) is 36.3. The molecule has 8 nitrogen and oxygen atoms in total. The largest absolute Gasteiger partial charge is 0 e. The summed E-state index contributed by atoms with van der Waals surface area (Å²) in [7, 11) is 8.42. The minimum absolute atomic E-state index is 0. The molecule has 3 aliphatic heterocycles. The predicted octanol–water partition coefficient (Wildman–Crippen LogP) is 10.3. The molecule has 6 aromatic carbocycles. The van der Waals surface area contributed by atoms with Crippen molar-refractivity contribution in [2.45, 2.75) is 67.5 Å². The summed E-state index contributed by atoms with van der Waals surface area (Å²) < 4.78 is 8.09. The van der Waals surface area contributed by atoms with Crippen LogP contribution in [0.1, 0.15) is 77.5 Å². The SMILES string of the molecule is C[N+](C)=C1OCCC1(c1ccccc1)c1ccccc1.Cc1ccc(C2(O)CCN(CCC(C(=O)N(C)C)(c3ccccc3)c3ccccc3)CC2)cc1.OC1(c2cc[c-]cc2)CCNCC1.[Br-].[I][V]([I])[I].[I][V][I].[Y]. The minimum atomic E-state index is -0.778. The zero-order valence-electron chi connectivity index (χ0n) is 43.9. The van der Waals surface area contributed by atoms with Gasteiger partial charge in [-0.2, -0.15) is 30.3 Å². The molecule has 3 aliphatic rings. The molecule has 3 N–H and O–H groups in total. The van der Waals surface area contributed by atoms with E-state index in [0.29, 0.717) is 28.7 Å². The van der Waals surface area contributed by atoms with E-state index in [1.165, 1.54) is 16.7 Å². The number of likely N-dealkylation sites (tertiary alicyclic amines) is 1. The number of halogens is 6. The number of carbonyl (C=O) groups excluding carboxylic acids is 1. The molecule has 76 heavy (non-hydrogen) atoms. The molecule has 17 heteroatoms. The smallest absolute Gasteiger partial charge is 0 e. The molecule has 1 radical (unpaired) electrons. The monoisotopic (exact) mass is 1800 g/mol. The quantitative estimate of drug-likeness (QED) is 0.0720. The number of nitrogens with one attached hydrogen (secondary N) is 1. The Bertz CT molecular complexity index is 2500. The molecule has 9 rings (SSSR count). The molecule has 0 atom stereocenters. The number of hydrogen-bond acceptors (Lipinski definition) is 6. The van der Waals surface area contributed by atoms with E-state index in [-0.39, 0.29) is 65.9 Å². The van der Waals surface area contributed by atoms with Crippen molar-refractivity contribution in [3.63, 3.8) is 0 Å². The minimum Gasteiger partial charge on any atom is 0 e. The van der Waals surface area contributed by atoms with Crippen molar-refractivity contribution < 1.29 is 88.4 Å². The molecule has 0 aromatic heterocycles. The van der Waals surface area contributed by atoms with Crippen LogP contribution in [0.4, 0.5) is 0 Å². The number of aryl methyl sites for hydroxylation is 1. The Morgan fingerprint density at radius 1 is 0.697 bits per heavy atom. The van der Waals surface area contributed by atoms with Crippen LogP contribution in [0.2, 0.25) is 0 Å². The first-order valence-corrected chi connectivity index (χ1v) is 47.3. The maximum Gasteiger partial charge on any atom is 0 e.